The predicted molar refractivity (Wildman–Crippen MR) is 31.0 cm³/mol. The summed E-state index contributed by atoms with van der Waals surface area (Å²) in [6, 6.07) is 0. The van der Waals surface area contributed by atoms with Crippen LogP contribution < -0.4 is 0 Å². The molecule has 9 heavy (non-hydrogen) atoms. The van der Waals surface area contributed by atoms with E-state index in [1.165, 1.54) is 0 Å². The summed E-state index contributed by atoms with van der Waals surface area (Å²) in [6.07, 6.45) is 0.433. The van der Waals surface area contributed by atoms with Gasteiger partial charge in [0, 0.05) is 13.0 Å². The zero-order valence-corrected chi connectivity index (χ0v) is 5.42. The van der Waals surface area contributed by atoms with E-state index in [0.717, 1.165) is 0 Å². The minimum absolute atomic E-state index is 0.211. The minimum atomic E-state index is -0.282. The average molecular weight is 130 g/mol. The van der Waals surface area contributed by atoms with Gasteiger partial charge in [0.15, 0.2) is 6.10 Å². The van der Waals surface area contributed by atoms with Gasteiger partial charge in [0.1, 0.15) is 0 Å². The van der Waals surface area contributed by atoms with Crippen LogP contribution >= 0.6 is 0 Å². The first kappa shape index (κ1) is 6.55. The summed E-state index contributed by atoms with van der Waals surface area (Å²) >= 11 is 0. The molecule has 0 saturated carbocycles. The van der Waals surface area contributed by atoms with Gasteiger partial charge in [0.05, 0.1) is 6.61 Å². The summed E-state index contributed by atoms with van der Waals surface area (Å²) in [4.78, 5) is 10.6. The number of hydrogen-bond acceptors (Lipinski definition) is 3. The van der Waals surface area contributed by atoms with Crippen LogP contribution in [0, 0.1) is 0 Å². The molecule has 0 unspecified atom stereocenters. The average Bonchev–Trinajstić information content (AvgIpc) is 2.18. The Balaban J connectivity index is 2.31. The molecule has 1 aliphatic heterocycles. The molecular weight excluding hydrogens is 120 g/mol. The van der Waals surface area contributed by atoms with Crippen LogP contribution in [0.15, 0.2) is 0 Å². The molecule has 0 radical (unpaired) electrons. The molecule has 1 heterocycles. The number of carbonyl (C=O) groups is 1. The molecule has 0 aromatic rings. The molecule has 1 fully saturated rings. The largest absolute Gasteiger partial charge is 0.464 e. The molecular formula is C6H10O3. The Hall–Kier alpha value is -0.570. The van der Waals surface area contributed by atoms with Crippen LogP contribution in [0.2, 0.25) is 0 Å². The van der Waals surface area contributed by atoms with Gasteiger partial charge in [-0.1, -0.05) is 0 Å². The number of hydrogen-bond donors (Lipinski definition) is 0. The first-order valence-electron chi connectivity index (χ1n) is 3.13. The van der Waals surface area contributed by atoms with Crippen LogP contribution in [0.25, 0.3) is 0 Å². The van der Waals surface area contributed by atoms with Gasteiger partial charge < -0.3 is 9.47 Å². The lowest BCUT2D eigenvalue weighted by Crippen LogP contribution is -2.17. The van der Waals surface area contributed by atoms with Crippen molar-refractivity contribution >= 4 is 5.97 Å². The zero-order chi connectivity index (χ0) is 6.69. The number of esters is 1. The van der Waals surface area contributed by atoms with Crippen LogP contribution in [0.3, 0.4) is 0 Å². The van der Waals surface area contributed by atoms with E-state index >= 15 is 0 Å². The van der Waals surface area contributed by atoms with E-state index in [-0.39, 0.29) is 12.1 Å². The van der Waals surface area contributed by atoms with Gasteiger partial charge in [-0.25, -0.2) is 4.79 Å². The standard InChI is InChI=1S/C6H10O3/c1-2-8-5-3-4-9-6(5)7/h5H,2-4H2,1H3/t5-/m1/s1. The van der Waals surface area contributed by atoms with E-state index in [1.54, 1.807) is 0 Å². The van der Waals surface area contributed by atoms with Gasteiger partial charge in [0.25, 0.3) is 0 Å². The fraction of sp³-hybridized carbons (Fsp3) is 0.833. The Labute approximate surface area is 53.9 Å². The summed E-state index contributed by atoms with van der Waals surface area (Å²) < 4.78 is 9.69. The summed E-state index contributed by atoms with van der Waals surface area (Å²) in [7, 11) is 0. The fourth-order valence-electron chi connectivity index (χ4n) is 0.830. The molecule has 0 aromatic heterocycles. The maximum Gasteiger partial charge on any atom is 0.335 e. The molecule has 1 aliphatic rings. The molecule has 52 valence electrons. The molecule has 0 N–H and O–H groups in total. The Kier molecular flexibility index (Phi) is 2.05. The maximum atomic E-state index is 10.6. The third-order valence-electron chi connectivity index (χ3n) is 1.26. The van der Waals surface area contributed by atoms with Crippen LogP contribution in [0.5, 0.6) is 0 Å². The lowest BCUT2D eigenvalue weighted by atomic mass is 10.3. The Morgan fingerprint density at radius 3 is 3.11 bits per heavy atom. The van der Waals surface area contributed by atoms with Gasteiger partial charge in [-0.3, -0.25) is 0 Å². The van der Waals surface area contributed by atoms with E-state index in [1.807, 2.05) is 6.92 Å². The van der Waals surface area contributed by atoms with Crippen molar-refractivity contribution in [2.45, 2.75) is 19.4 Å². The van der Waals surface area contributed by atoms with Crippen molar-refractivity contribution < 1.29 is 14.3 Å². The van der Waals surface area contributed by atoms with Crippen LogP contribution in [0.1, 0.15) is 13.3 Å². The molecule has 3 nitrogen and oxygen atoms in total. The number of rotatable bonds is 2. The maximum absolute atomic E-state index is 10.6. The van der Waals surface area contributed by atoms with Crippen molar-refractivity contribution in [2.24, 2.45) is 0 Å². The SMILES string of the molecule is CCO[C@@H]1CCOC1=O. The third kappa shape index (κ3) is 1.42. The van der Waals surface area contributed by atoms with Gasteiger partial charge >= 0.3 is 5.97 Å². The molecule has 0 bridgehead atoms. The monoisotopic (exact) mass is 130 g/mol. The van der Waals surface area contributed by atoms with E-state index in [9.17, 15) is 4.79 Å². The Morgan fingerprint density at radius 1 is 1.89 bits per heavy atom. The smallest absolute Gasteiger partial charge is 0.335 e. The van der Waals surface area contributed by atoms with Crippen LogP contribution in [0.4, 0.5) is 0 Å². The Morgan fingerprint density at radius 2 is 2.67 bits per heavy atom. The van der Waals surface area contributed by atoms with Gasteiger partial charge in [0.2, 0.25) is 0 Å². The first-order valence-corrected chi connectivity index (χ1v) is 3.13. The first-order chi connectivity index (χ1) is 4.34. The molecule has 0 aromatic carbocycles. The van der Waals surface area contributed by atoms with Crippen molar-refractivity contribution in [3.05, 3.63) is 0 Å². The second-order valence-electron chi connectivity index (χ2n) is 1.90. The molecule has 1 rings (SSSR count). The summed E-state index contributed by atoms with van der Waals surface area (Å²) in [5.74, 6) is -0.211. The van der Waals surface area contributed by atoms with Crippen LogP contribution in [-0.4, -0.2) is 25.3 Å². The fourth-order valence-corrected chi connectivity index (χ4v) is 0.830. The summed E-state index contributed by atoms with van der Waals surface area (Å²) in [5.41, 5.74) is 0. The van der Waals surface area contributed by atoms with Crippen molar-refractivity contribution in [2.75, 3.05) is 13.2 Å². The van der Waals surface area contributed by atoms with Gasteiger partial charge in [-0.15, -0.1) is 0 Å². The second kappa shape index (κ2) is 2.82. The van der Waals surface area contributed by atoms with Crippen LogP contribution in [-0.2, 0) is 14.3 Å². The number of ether oxygens (including phenoxy) is 2. The molecule has 1 atom stereocenters. The van der Waals surface area contributed by atoms with E-state index in [0.29, 0.717) is 19.6 Å². The Bertz CT molecular complexity index is 111. The highest BCUT2D eigenvalue weighted by atomic mass is 16.6. The van der Waals surface area contributed by atoms with Crippen molar-refractivity contribution in [1.82, 2.24) is 0 Å². The predicted octanol–water partition coefficient (Wildman–Crippen LogP) is 0.338. The van der Waals surface area contributed by atoms with E-state index in [4.69, 9.17) is 4.74 Å². The van der Waals surface area contributed by atoms with Gasteiger partial charge in [-0.05, 0) is 6.92 Å². The van der Waals surface area contributed by atoms with Crippen molar-refractivity contribution in [3.63, 3.8) is 0 Å². The quantitative estimate of drug-likeness (QED) is 0.505. The topological polar surface area (TPSA) is 35.5 Å². The van der Waals surface area contributed by atoms with E-state index < -0.39 is 0 Å². The second-order valence-corrected chi connectivity index (χ2v) is 1.90. The summed E-state index contributed by atoms with van der Waals surface area (Å²) in [5, 5.41) is 0. The minimum Gasteiger partial charge on any atom is -0.464 e. The third-order valence-corrected chi connectivity index (χ3v) is 1.26. The molecule has 0 aliphatic carbocycles. The molecule has 1 saturated heterocycles. The zero-order valence-electron chi connectivity index (χ0n) is 5.42. The lowest BCUT2D eigenvalue weighted by molar-refractivity contribution is -0.147. The number of cyclic esters (lactones) is 1. The molecule has 0 amide bonds. The van der Waals surface area contributed by atoms with Gasteiger partial charge in [-0.2, -0.15) is 0 Å². The van der Waals surface area contributed by atoms with Crippen molar-refractivity contribution in [1.29, 1.82) is 0 Å². The number of carbonyl (C=O) groups excluding carboxylic acids is 1. The lowest BCUT2D eigenvalue weighted by Gasteiger charge is -2.02. The normalized spacial score (nSPS) is 26.3. The highest BCUT2D eigenvalue weighted by molar-refractivity contribution is 5.76. The van der Waals surface area contributed by atoms with E-state index in [2.05, 4.69) is 4.74 Å². The molecule has 3 heteroatoms. The summed E-state index contributed by atoms with van der Waals surface area (Å²) in [6.45, 7) is 2.97. The highest BCUT2D eigenvalue weighted by Gasteiger charge is 2.26. The highest BCUT2D eigenvalue weighted by Crippen LogP contribution is 2.09. The van der Waals surface area contributed by atoms with Crippen molar-refractivity contribution in [3.8, 4) is 0 Å². The molecule has 0 spiro atoms.